The van der Waals surface area contributed by atoms with Gasteiger partial charge in [0.2, 0.25) is 5.89 Å². The summed E-state index contributed by atoms with van der Waals surface area (Å²) in [6, 6.07) is 0. The highest BCUT2D eigenvalue weighted by molar-refractivity contribution is 7.91. The largest absolute Gasteiger partial charge is 0.339 e. The normalized spacial score (nSPS) is 24.5. The van der Waals surface area contributed by atoms with E-state index in [4.69, 9.17) is 16.1 Å². The third-order valence-corrected chi connectivity index (χ3v) is 4.35. The molecular formula is C8H11ClN2O3S. The van der Waals surface area contributed by atoms with E-state index >= 15 is 0 Å². The van der Waals surface area contributed by atoms with Gasteiger partial charge in [-0.25, -0.2) is 8.42 Å². The number of halogens is 1. The van der Waals surface area contributed by atoms with Gasteiger partial charge in [-0.05, 0) is 6.42 Å². The van der Waals surface area contributed by atoms with E-state index in [-0.39, 0.29) is 17.4 Å². The molecule has 0 radical (unpaired) electrons. The van der Waals surface area contributed by atoms with Crippen molar-refractivity contribution in [3.05, 3.63) is 11.7 Å². The van der Waals surface area contributed by atoms with E-state index in [1.807, 2.05) is 0 Å². The minimum atomic E-state index is -2.89. The standard InChI is InChI=1S/C8H11ClN2O3S/c9-3-1-7-10-8(11-14-7)6-2-4-15(12,13)5-6/h6H,1-5H2. The van der Waals surface area contributed by atoms with Crippen molar-refractivity contribution in [1.82, 2.24) is 10.1 Å². The quantitative estimate of drug-likeness (QED) is 0.741. The number of hydrogen-bond donors (Lipinski definition) is 0. The maximum Gasteiger partial charge on any atom is 0.227 e. The predicted molar refractivity (Wildman–Crippen MR) is 54.7 cm³/mol. The Morgan fingerprint density at radius 1 is 1.53 bits per heavy atom. The van der Waals surface area contributed by atoms with Gasteiger partial charge in [0.1, 0.15) is 0 Å². The molecule has 2 rings (SSSR count). The van der Waals surface area contributed by atoms with Gasteiger partial charge in [-0.2, -0.15) is 4.98 Å². The smallest absolute Gasteiger partial charge is 0.227 e. The molecule has 1 aromatic rings. The molecule has 0 saturated carbocycles. The summed E-state index contributed by atoms with van der Waals surface area (Å²) in [6.45, 7) is 0. The van der Waals surface area contributed by atoms with E-state index in [2.05, 4.69) is 10.1 Å². The van der Waals surface area contributed by atoms with Crippen molar-refractivity contribution in [3.63, 3.8) is 0 Å². The summed E-state index contributed by atoms with van der Waals surface area (Å²) in [4.78, 5) is 4.12. The Bertz CT molecular complexity index is 442. The molecular weight excluding hydrogens is 240 g/mol. The Morgan fingerprint density at radius 2 is 2.33 bits per heavy atom. The van der Waals surface area contributed by atoms with Crippen LogP contribution in [-0.4, -0.2) is 35.9 Å². The molecule has 0 aromatic carbocycles. The third kappa shape index (κ3) is 2.49. The lowest BCUT2D eigenvalue weighted by molar-refractivity contribution is 0.374. The SMILES string of the molecule is O=S1(=O)CCC(c2noc(CCCl)n2)C1. The number of alkyl halides is 1. The van der Waals surface area contributed by atoms with Crippen molar-refractivity contribution in [2.75, 3.05) is 17.4 Å². The summed E-state index contributed by atoms with van der Waals surface area (Å²) in [5, 5.41) is 3.77. The van der Waals surface area contributed by atoms with Crippen LogP contribution in [0.25, 0.3) is 0 Å². The summed E-state index contributed by atoms with van der Waals surface area (Å²) >= 11 is 5.53. The average molecular weight is 251 g/mol. The van der Waals surface area contributed by atoms with Crippen molar-refractivity contribution in [1.29, 1.82) is 0 Å². The summed E-state index contributed by atoms with van der Waals surface area (Å²) in [6.07, 6.45) is 1.11. The second kappa shape index (κ2) is 4.09. The number of nitrogens with zero attached hydrogens (tertiary/aromatic N) is 2. The van der Waals surface area contributed by atoms with Crippen LogP contribution in [0.1, 0.15) is 24.1 Å². The van der Waals surface area contributed by atoms with Crippen LogP contribution in [0, 0.1) is 0 Å². The maximum absolute atomic E-state index is 11.2. The first kappa shape index (κ1) is 10.9. The minimum absolute atomic E-state index is 0.108. The highest BCUT2D eigenvalue weighted by Crippen LogP contribution is 2.26. The highest BCUT2D eigenvalue weighted by atomic mass is 35.5. The molecule has 5 nitrogen and oxygen atoms in total. The molecule has 1 fully saturated rings. The second-order valence-corrected chi connectivity index (χ2v) is 6.19. The fraction of sp³-hybridized carbons (Fsp3) is 0.750. The van der Waals surface area contributed by atoms with Crippen molar-refractivity contribution >= 4 is 21.4 Å². The van der Waals surface area contributed by atoms with Crippen molar-refractivity contribution in [3.8, 4) is 0 Å². The molecule has 0 aliphatic carbocycles. The van der Waals surface area contributed by atoms with Gasteiger partial charge in [-0.15, -0.1) is 11.6 Å². The van der Waals surface area contributed by atoms with Gasteiger partial charge in [0.15, 0.2) is 15.7 Å². The van der Waals surface area contributed by atoms with Crippen LogP contribution in [0.3, 0.4) is 0 Å². The zero-order valence-corrected chi connectivity index (χ0v) is 9.59. The lowest BCUT2D eigenvalue weighted by atomic mass is 10.1. The summed E-state index contributed by atoms with van der Waals surface area (Å²) in [5.41, 5.74) is 0. The molecule has 0 bridgehead atoms. The van der Waals surface area contributed by atoms with E-state index in [1.54, 1.807) is 0 Å². The lowest BCUT2D eigenvalue weighted by Gasteiger charge is -1.97. The van der Waals surface area contributed by atoms with Gasteiger partial charge in [0, 0.05) is 18.2 Å². The summed E-state index contributed by atoms with van der Waals surface area (Å²) in [5.74, 6) is 1.64. The summed E-state index contributed by atoms with van der Waals surface area (Å²) in [7, 11) is -2.89. The van der Waals surface area contributed by atoms with E-state index in [0.717, 1.165) is 0 Å². The Labute approximate surface area is 92.7 Å². The van der Waals surface area contributed by atoms with E-state index in [9.17, 15) is 8.42 Å². The minimum Gasteiger partial charge on any atom is -0.339 e. The van der Waals surface area contributed by atoms with Gasteiger partial charge in [-0.3, -0.25) is 0 Å². The molecule has 1 unspecified atom stereocenters. The number of sulfone groups is 1. The van der Waals surface area contributed by atoms with Crippen LogP contribution in [0.4, 0.5) is 0 Å². The van der Waals surface area contributed by atoms with Crippen molar-refractivity contribution in [2.45, 2.75) is 18.8 Å². The molecule has 1 aliphatic heterocycles. The Balaban J connectivity index is 2.10. The van der Waals surface area contributed by atoms with Gasteiger partial charge in [-0.1, -0.05) is 5.16 Å². The molecule has 1 saturated heterocycles. The van der Waals surface area contributed by atoms with E-state index in [0.29, 0.717) is 30.4 Å². The topological polar surface area (TPSA) is 73.1 Å². The van der Waals surface area contributed by atoms with Crippen LogP contribution in [0.5, 0.6) is 0 Å². The first-order valence-corrected chi connectivity index (χ1v) is 7.05. The molecule has 0 spiro atoms. The molecule has 0 N–H and O–H groups in total. The molecule has 1 atom stereocenters. The first-order chi connectivity index (χ1) is 7.11. The zero-order valence-electron chi connectivity index (χ0n) is 8.02. The second-order valence-electron chi connectivity index (χ2n) is 3.59. The van der Waals surface area contributed by atoms with Crippen LogP contribution >= 0.6 is 11.6 Å². The van der Waals surface area contributed by atoms with Crippen LogP contribution in [0.15, 0.2) is 4.52 Å². The lowest BCUT2D eigenvalue weighted by Crippen LogP contribution is -2.05. The molecule has 7 heteroatoms. The molecule has 1 aliphatic rings. The number of rotatable bonds is 3. The van der Waals surface area contributed by atoms with E-state index in [1.165, 1.54) is 0 Å². The first-order valence-electron chi connectivity index (χ1n) is 4.69. The molecule has 2 heterocycles. The highest BCUT2D eigenvalue weighted by Gasteiger charge is 2.32. The van der Waals surface area contributed by atoms with Gasteiger partial charge in [0.25, 0.3) is 0 Å². The zero-order chi connectivity index (χ0) is 10.9. The molecule has 15 heavy (non-hydrogen) atoms. The maximum atomic E-state index is 11.2. The van der Waals surface area contributed by atoms with Crippen LogP contribution in [-0.2, 0) is 16.3 Å². The number of aryl methyl sites for hydroxylation is 1. The van der Waals surface area contributed by atoms with Gasteiger partial charge >= 0.3 is 0 Å². The average Bonchev–Trinajstić information content (AvgIpc) is 2.73. The predicted octanol–water partition coefficient (Wildman–Crippen LogP) is 0.753. The fourth-order valence-electron chi connectivity index (χ4n) is 1.61. The number of hydrogen-bond acceptors (Lipinski definition) is 5. The Hall–Kier alpha value is -0.620. The van der Waals surface area contributed by atoms with Gasteiger partial charge in [0.05, 0.1) is 11.5 Å². The summed E-state index contributed by atoms with van der Waals surface area (Å²) < 4.78 is 27.4. The van der Waals surface area contributed by atoms with Crippen molar-refractivity contribution in [2.24, 2.45) is 0 Å². The monoisotopic (exact) mass is 250 g/mol. The van der Waals surface area contributed by atoms with Crippen LogP contribution < -0.4 is 0 Å². The van der Waals surface area contributed by atoms with Crippen molar-refractivity contribution < 1.29 is 12.9 Å². The molecule has 84 valence electrons. The number of aromatic nitrogens is 2. The fourth-order valence-corrected chi connectivity index (χ4v) is 3.52. The van der Waals surface area contributed by atoms with E-state index < -0.39 is 9.84 Å². The third-order valence-electron chi connectivity index (χ3n) is 2.39. The molecule has 0 amide bonds. The van der Waals surface area contributed by atoms with Crippen LogP contribution in [0.2, 0.25) is 0 Å². The Morgan fingerprint density at radius 3 is 2.93 bits per heavy atom. The molecule has 1 aromatic heterocycles. The van der Waals surface area contributed by atoms with Gasteiger partial charge < -0.3 is 4.52 Å². The Kier molecular flexibility index (Phi) is 2.97.